The molecule has 0 N–H and O–H groups in total. The summed E-state index contributed by atoms with van der Waals surface area (Å²) in [6.07, 6.45) is -4.05. The molecule has 0 fully saturated rings. The Labute approximate surface area is 137 Å². The molecule has 0 amide bonds. The molecule has 1 heterocycles. The highest BCUT2D eigenvalue weighted by Gasteiger charge is 2.37. The van der Waals surface area contributed by atoms with Crippen LogP contribution in [0, 0.1) is 5.82 Å². The number of hydrogen-bond donors (Lipinski definition) is 0. The van der Waals surface area contributed by atoms with Crippen molar-refractivity contribution in [3.05, 3.63) is 41.8 Å². The summed E-state index contributed by atoms with van der Waals surface area (Å²) in [5.41, 5.74) is -1.80. The second-order valence-corrected chi connectivity index (χ2v) is 6.11. The molecule has 0 aliphatic rings. The maximum atomic E-state index is 13.9. The van der Waals surface area contributed by atoms with E-state index in [2.05, 4.69) is 9.97 Å². The Kier molecular flexibility index (Phi) is 4.68. The number of hydrogen-bond acceptors (Lipinski definition) is 4. The van der Waals surface area contributed by atoms with Crippen molar-refractivity contribution in [1.82, 2.24) is 9.97 Å². The van der Waals surface area contributed by atoms with E-state index in [1.807, 2.05) is 0 Å². The lowest BCUT2D eigenvalue weighted by Crippen LogP contribution is -2.26. The molecule has 1 aromatic carbocycles. The van der Waals surface area contributed by atoms with Crippen molar-refractivity contribution >= 4 is 11.5 Å². The second-order valence-electron chi connectivity index (χ2n) is 6.11. The first kappa shape index (κ1) is 18.0. The fourth-order valence-corrected chi connectivity index (χ4v) is 1.97. The number of nitrogens with zero attached hydrogens (tertiary/aromatic N) is 3. The van der Waals surface area contributed by atoms with Gasteiger partial charge in [-0.3, -0.25) is 0 Å². The largest absolute Gasteiger partial charge is 0.458 e. The minimum absolute atomic E-state index is 0.0385. The van der Waals surface area contributed by atoms with Crippen LogP contribution in [0.1, 0.15) is 26.3 Å². The van der Waals surface area contributed by atoms with Crippen LogP contribution in [0.2, 0.25) is 0 Å². The van der Waals surface area contributed by atoms with Crippen LogP contribution < -0.4 is 9.64 Å². The van der Waals surface area contributed by atoms with E-state index in [4.69, 9.17) is 4.74 Å². The molecule has 0 saturated heterocycles. The van der Waals surface area contributed by atoms with Gasteiger partial charge in [-0.1, -0.05) is 12.1 Å². The van der Waals surface area contributed by atoms with Crippen LogP contribution in [-0.4, -0.2) is 22.6 Å². The van der Waals surface area contributed by atoms with E-state index in [0.717, 1.165) is 11.0 Å². The molecule has 0 bridgehead atoms. The topological polar surface area (TPSA) is 38.2 Å². The van der Waals surface area contributed by atoms with Crippen molar-refractivity contribution in [1.29, 1.82) is 0 Å². The molecule has 24 heavy (non-hydrogen) atoms. The summed E-state index contributed by atoms with van der Waals surface area (Å²) in [6, 6.07) is 5.28. The summed E-state index contributed by atoms with van der Waals surface area (Å²) in [4.78, 5) is 8.49. The summed E-state index contributed by atoms with van der Waals surface area (Å²) < 4.78 is 59.1. The monoisotopic (exact) mass is 343 g/mol. The summed E-state index contributed by atoms with van der Waals surface area (Å²) in [5, 5.41) is 0. The lowest BCUT2D eigenvalue weighted by molar-refractivity contribution is -0.137. The molecule has 0 spiro atoms. The maximum absolute atomic E-state index is 13.9. The van der Waals surface area contributed by atoms with Gasteiger partial charge in [0.1, 0.15) is 17.0 Å². The first-order valence-corrected chi connectivity index (χ1v) is 7.10. The van der Waals surface area contributed by atoms with Crippen molar-refractivity contribution in [3.8, 4) is 6.01 Å². The van der Waals surface area contributed by atoms with E-state index in [9.17, 15) is 17.6 Å². The van der Waals surface area contributed by atoms with Crippen molar-refractivity contribution in [2.75, 3.05) is 11.9 Å². The highest BCUT2D eigenvalue weighted by molar-refractivity contribution is 5.63. The molecule has 8 heteroatoms. The molecule has 0 radical (unpaired) electrons. The number of anilines is 2. The van der Waals surface area contributed by atoms with Gasteiger partial charge >= 0.3 is 12.2 Å². The van der Waals surface area contributed by atoms with Gasteiger partial charge in [0.25, 0.3) is 0 Å². The van der Waals surface area contributed by atoms with Gasteiger partial charge < -0.3 is 9.64 Å². The van der Waals surface area contributed by atoms with Crippen LogP contribution in [-0.2, 0) is 6.18 Å². The summed E-state index contributed by atoms with van der Waals surface area (Å²) >= 11 is 0. The van der Waals surface area contributed by atoms with Gasteiger partial charge in [0, 0.05) is 13.2 Å². The van der Waals surface area contributed by atoms with Crippen molar-refractivity contribution < 1.29 is 22.3 Å². The van der Waals surface area contributed by atoms with Gasteiger partial charge in [-0.25, -0.2) is 9.37 Å². The zero-order valence-corrected chi connectivity index (χ0v) is 13.6. The second kappa shape index (κ2) is 6.26. The smallest absolute Gasteiger partial charge is 0.421 e. The van der Waals surface area contributed by atoms with Crippen LogP contribution in [0.3, 0.4) is 0 Å². The average Bonchev–Trinajstić information content (AvgIpc) is 2.44. The summed E-state index contributed by atoms with van der Waals surface area (Å²) in [5.74, 6) is -1.15. The number of halogens is 4. The standard InChI is InChI=1S/C16H17F4N3O/c1-15(2,3)24-14-21-9-10(16(18,19)20)13(22-14)23(4)12-8-6-5-7-11(12)17/h5-9H,1-4H3. The lowest BCUT2D eigenvalue weighted by Gasteiger charge is -2.24. The van der Waals surface area contributed by atoms with Gasteiger partial charge in [-0.15, -0.1) is 0 Å². The molecule has 0 atom stereocenters. The Morgan fingerprint density at radius 3 is 2.25 bits per heavy atom. The first-order chi connectivity index (χ1) is 11.0. The highest BCUT2D eigenvalue weighted by atomic mass is 19.4. The first-order valence-electron chi connectivity index (χ1n) is 7.10. The summed E-state index contributed by atoms with van der Waals surface area (Å²) in [6.45, 7) is 5.15. The molecule has 0 aliphatic carbocycles. The molecule has 0 aliphatic heterocycles. The molecule has 0 unspecified atom stereocenters. The number of rotatable bonds is 3. The molecule has 1 aromatic heterocycles. The van der Waals surface area contributed by atoms with Crippen LogP contribution >= 0.6 is 0 Å². The SMILES string of the molecule is CN(c1ccccc1F)c1nc(OC(C)(C)C)ncc1C(F)(F)F. The number of aromatic nitrogens is 2. The van der Waals surface area contributed by atoms with Gasteiger partial charge in [-0.2, -0.15) is 18.2 Å². The van der Waals surface area contributed by atoms with Gasteiger partial charge in [0.15, 0.2) is 5.82 Å². The zero-order chi connectivity index (χ0) is 18.1. The molecular weight excluding hydrogens is 326 g/mol. The third-order valence-electron chi connectivity index (χ3n) is 2.98. The van der Waals surface area contributed by atoms with Crippen LogP contribution in [0.15, 0.2) is 30.5 Å². The number of ether oxygens (including phenoxy) is 1. The third-order valence-corrected chi connectivity index (χ3v) is 2.98. The number of alkyl halides is 3. The summed E-state index contributed by atoms with van der Waals surface area (Å²) in [7, 11) is 1.30. The molecule has 0 saturated carbocycles. The Morgan fingerprint density at radius 1 is 1.08 bits per heavy atom. The number of benzene rings is 1. The lowest BCUT2D eigenvalue weighted by atomic mass is 10.2. The Morgan fingerprint density at radius 2 is 1.71 bits per heavy atom. The predicted octanol–water partition coefficient (Wildman–Crippen LogP) is 4.58. The van der Waals surface area contributed by atoms with E-state index in [1.54, 1.807) is 20.8 Å². The van der Waals surface area contributed by atoms with Crippen molar-refractivity contribution in [2.45, 2.75) is 32.5 Å². The Bertz CT molecular complexity index is 726. The molecule has 4 nitrogen and oxygen atoms in total. The fraction of sp³-hybridized carbons (Fsp3) is 0.375. The van der Waals surface area contributed by atoms with Gasteiger partial charge in [-0.05, 0) is 32.9 Å². The normalized spacial score (nSPS) is 12.2. The van der Waals surface area contributed by atoms with E-state index >= 15 is 0 Å². The molecule has 2 aromatic rings. The van der Waals surface area contributed by atoms with Crippen LogP contribution in [0.4, 0.5) is 29.1 Å². The van der Waals surface area contributed by atoms with Gasteiger partial charge in [0.2, 0.25) is 0 Å². The fourth-order valence-electron chi connectivity index (χ4n) is 1.97. The van der Waals surface area contributed by atoms with E-state index < -0.39 is 29.0 Å². The van der Waals surface area contributed by atoms with Crippen molar-refractivity contribution in [2.24, 2.45) is 0 Å². The third kappa shape index (κ3) is 4.12. The maximum Gasteiger partial charge on any atom is 0.421 e. The van der Waals surface area contributed by atoms with Gasteiger partial charge in [0.05, 0.1) is 5.69 Å². The van der Waals surface area contributed by atoms with E-state index in [0.29, 0.717) is 6.20 Å². The number of para-hydroxylation sites is 1. The quantitative estimate of drug-likeness (QED) is 0.765. The average molecular weight is 343 g/mol. The predicted molar refractivity (Wildman–Crippen MR) is 81.9 cm³/mol. The Hall–Kier alpha value is -2.38. The molecule has 130 valence electrons. The van der Waals surface area contributed by atoms with Crippen LogP contribution in [0.25, 0.3) is 0 Å². The molecular formula is C16H17F4N3O. The van der Waals surface area contributed by atoms with E-state index in [1.165, 1.54) is 25.2 Å². The minimum Gasteiger partial charge on any atom is -0.458 e. The highest BCUT2D eigenvalue weighted by Crippen LogP contribution is 2.38. The zero-order valence-electron chi connectivity index (χ0n) is 13.6. The van der Waals surface area contributed by atoms with E-state index in [-0.39, 0.29) is 11.7 Å². The molecule has 2 rings (SSSR count). The Balaban J connectivity index is 2.56. The van der Waals surface area contributed by atoms with Crippen molar-refractivity contribution in [3.63, 3.8) is 0 Å². The van der Waals surface area contributed by atoms with Crippen LogP contribution in [0.5, 0.6) is 6.01 Å². The minimum atomic E-state index is -4.69.